The van der Waals surface area contributed by atoms with Crippen LogP contribution in [0.25, 0.3) is 0 Å². The smallest absolute Gasteiger partial charge is 0.374 e. The van der Waals surface area contributed by atoms with Crippen molar-refractivity contribution in [3.8, 4) is 0 Å². The fraction of sp³-hybridized carbons (Fsp3) is 0.167. The molecular weight excluding hydrogens is 224 g/mol. The lowest BCUT2D eigenvalue weighted by Crippen LogP contribution is -2.05. The van der Waals surface area contributed by atoms with Gasteiger partial charge in [0.15, 0.2) is 0 Å². The van der Waals surface area contributed by atoms with Gasteiger partial charge >= 0.3 is 11.9 Å². The summed E-state index contributed by atoms with van der Waals surface area (Å²) in [5, 5.41) is 0. The zero-order valence-electron chi connectivity index (χ0n) is 9.18. The summed E-state index contributed by atoms with van der Waals surface area (Å²) in [7, 11) is 0. The van der Waals surface area contributed by atoms with Gasteiger partial charge in [-0.3, -0.25) is 0 Å². The number of ether oxygens (including phenoxy) is 2. The molecule has 0 aliphatic carbocycles. The maximum absolute atomic E-state index is 11.4. The van der Waals surface area contributed by atoms with E-state index in [2.05, 4.69) is 13.2 Å². The largest absolute Gasteiger partial charge is 0.458 e. The van der Waals surface area contributed by atoms with Crippen molar-refractivity contribution in [2.45, 2.75) is 0 Å². The summed E-state index contributed by atoms with van der Waals surface area (Å²) in [5.74, 6) is -1.30. The predicted octanol–water partition coefficient (Wildman–Crippen LogP) is 1.97. The highest BCUT2D eigenvalue weighted by atomic mass is 16.5. The van der Waals surface area contributed by atoms with Gasteiger partial charge in [0.2, 0.25) is 5.76 Å². The number of hydrogen-bond donors (Lipinski definition) is 0. The maximum atomic E-state index is 11.4. The first-order chi connectivity index (χ1) is 8.19. The van der Waals surface area contributed by atoms with Crippen molar-refractivity contribution in [2.75, 3.05) is 13.2 Å². The van der Waals surface area contributed by atoms with Crippen LogP contribution in [0.2, 0.25) is 0 Å². The molecule has 1 heterocycles. The van der Waals surface area contributed by atoms with E-state index < -0.39 is 11.9 Å². The van der Waals surface area contributed by atoms with E-state index in [-0.39, 0.29) is 24.5 Å². The lowest BCUT2D eigenvalue weighted by molar-refractivity contribution is 0.0511. The summed E-state index contributed by atoms with van der Waals surface area (Å²) in [5.41, 5.74) is 0.150. The molecule has 0 bridgehead atoms. The van der Waals surface area contributed by atoms with Gasteiger partial charge in [-0.05, 0) is 0 Å². The van der Waals surface area contributed by atoms with Crippen LogP contribution in [-0.2, 0) is 9.47 Å². The van der Waals surface area contributed by atoms with Gasteiger partial charge in [-0.1, -0.05) is 25.3 Å². The van der Waals surface area contributed by atoms with Gasteiger partial charge in [-0.15, -0.1) is 0 Å². The molecule has 0 saturated carbocycles. The van der Waals surface area contributed by atoms with Gasteiger partial charge in [0.05, 0.1) is 5.56 Å². The third-order valence-corrected chi connectivity index (χ3v) is 1.70. The van der Waals surface area contributed by atoms with Crippen molar-refractivity contribution in [1.29, 1.82) is 0 Å². The summed E-state index contributed by atoms with van der Waals surface area (Å²) in [6.45, 7) is 6.99. The molecule has 0 radical (unpaired) electrons. The van der Waals surface area contributed by atoms with E-state index >= 15 is 0 Å². The van der Waals surface area contributed by atoms with Crippen LogP contribution in [-0.4, -0.2) is 25.2 Å². The van der Waals surface area contributed by atoms with E-state index in [4.69, 9.17) is 13.9 Å². The van der Waals surface area contributed by atoms with E-state index in [0.717, 1.165) is 6.26 Å². The zero-order chi connectivity index (χ0) is 12.7. The molecule has 0 atom stereocenters. The molecule has 0 saturated heterocycles. The highest BCUT2D eigenvalue weighted by Gasteiger charge is 2.16. The Morgan fingerprint density at radius 2 is 1.76 bits per heavy atom. The number of carbonyl (C=O) groups is 2. The topological polar surface area (TPSA) is 65.7 Å². The molecule has 5 heteroatoms. The molecule has 0 aliphatic heterocycles. The Bertz CT molecular complexity index is 391. The third-order valence-electron chi connectivity index (χ3n) is 1.70. The molecule has 0 amide bonds. The second-order valence-corrected chi connectivity index (χ2v) is 2.97. The molecule has 0 aromatic carbocycles. The lowest BCUT2D eigenvalue weighted by Gasteiger charge is -1.97. The summed E-state index contributed by atoms with van der Waals surface area (Å²) in [6.07, 6.45) is 4.01. The van der Waals surface area contributed by atoms with Crippen molar-refractivity contribution in [2.24, 2.45) is 0 Å². The first-order valence-corrected chi connectivity index (χ1v) is 4.83. The molecule has 0 unspecified atom stereocenters. The Kier molecular flexibility index (Phi) is 4.75. The van der Waals surface area contributed by atoms with Gasteiger partial charge in [-0.2, -0.15) is 0 Å². The van der Waals surface area contributed by atoms with Crippen LogP contribution >= 0.6 is 0 Å². The highest BCUT2D eigenvalue weighted by Crippen LogP contribution is 2.10. The monoisotopic (exact) mass is 236 g/mol. The van der Waals surface area contributed by atoms with Crippen LogP contribution in [0, 0.1) is 0 Å². The average Bonchev–Trinajstić information content (AvgIpc) is 2.82. The molecule has 0 N–H and O–H groups in total. The van der Waals surface area contributed by atoms with E-state index in [0.29, 0.717) is 0 Å². The minimum absolute atomic E-state index is 0.0580. The Morgan fingerprint density at radius 1 is 1.18 bits per heavy atom. The first-order valence-electron chi connectivity index (χ1n) is 4.83. The molecule has 0 spiro atoms. The molecular formula is C12H12O5. The van der Waals surface area contributed by atoms with Crippen molar-refractivity contribution in [3.05, 3.63) is 49.0 Å². The van der Waals surface area contributed by atoms with E-state index in [1.807, 2.05) is 0 Å². The Hall–Kier alpha value is -2.30. The second kappa shape index (κ2) is 6.32. The van der Waals surface area contributed by atoms with Crippen molar-refractivity contribution >= 4 is 11.9 Å². The van der Waals surface area contributed by atoms with Gasteiger partial charge in [0, 0.05) is 6.07 Å². The van der Waals surface area contributed by atoms with Crippen LogP contribution < -0.4 is 0 Å². The number of esters is 2. The van der Waals surface area contributed by atoms with Gasteiger partial charge in [0.1, 0.15) is 19.5 Å². The summed E-state index contributed by atoms with van der Waals surface area (Å²) < 4.78 is 14.4. The van der Waals surface area contributed by atoms with Crippen LogP contribution in [0.4, 0.5) is 0 Å². The number of furan rings is 1. The Balaban J connectivity index is 2.63. The quantitative estimate of drug-likeness (QED) is 0.558. The third kappa shape index (κ3) is 3.64. The SMILES string of the molecule is C=CCOC(=O)c1coc(C(=O)OCC=C)c1. The minimum atomic E-state index is -0.660. The van der Waals surface area contributed by atoms with E-state index in [9.17, 15) is 9.59 Å². The van der Waals surface area contributed by atoms with Gasteiger partial charge in [-0.25, -0.2) is 9.59 Å². The highest BCUT2D eigenvalue weighted by molar-refractivity contribution is 5.93. The number of carbonyl (C=O) groups excluding carboxylic acids is 2. The van der Waals surface area contributed by atoms with Crippen LogP contribution in [0.3, 0.4) is 0 Å². The molecule has 17 heavy (non-hydrogen) atoms. The van der Waals surface area contributed by atoms with Gasteiger partial charge < -0.3 is 13.9 Å². The fourth-order valence-electron chi connectivity index (χ4n) is 0.974. The first kappa shape index (κ1) is 12.8. The normalized spacial score (nSPS) is 9.41. The Morgan fingerprint density at radius 3 is 2.35 bits per heavy atom. The molecule has 90 valence electrons. The molecule has 0 aliphatic rings. The summed E-state index contributed by atoms with van der Waals surface area (Å²) in [4.78, 5) is 22.7. The maximum Gasteiger partial charge on any atom is 0.374 e. The van der Waals surface area contributed by atoms with Crippen LogP contribution in [0.15, 0.2) is 42.1 Å². The molecule has 1 aromatic heterocycles. The minimum Gasteiger partial charge on any atom is -0.458 e. The fourth-order valence-corrected chi connectivity index (χ4v) is 0.974. The zero-order valence-corrected chi connectivity index (χ0v) is 9.18. The molecule has 0 fully saturated rings. The van der Waals surface area contributed by atoms with Crippen LogP contribution in [0.5, 0.6) is 0 Å². The molecule has 5 nitrogen and oxygen atoms in total. The van der Waals surface area contributed by atoms with Crippen molar-refractivity contribution < 1.29 is 23.5 Å². The predicted molar refractivity (Wildman–Crippen MR) is 59.7 cm³/mol. The van der Waals surface area contributed by atoms with Crippen LogP contribution in [0.1, 0.15) is 20.9 Å². The summed E-state index contributed by atoms with van der Waals surface area (Å²) in [6, 6.07) is 1.26. The van der Waals surface area contributed by atoms with Crippen molar-refractivity contribution in [1.82, 2.24) is 0 Å². The van der Waals surface area contributed by atoms with E-state index in [1.165, 1.54) is 18.2 Å². The summed E-state index contributed by atoms with van der Waals surface area (Å²) >= 11 is 0. The molecule has 1 rings (SSSR count). The number of rotatable bonds is 6. The van der Waals surface area contributed by atoms with Crippen molar-refractivity contribution in [3.63, 3.8) is 0 Å². The second-order valence-electron chi connectivity index (χ2n) is 2.97. The van der Waals surface area contributed by atoms with Gasteiger partial charge in [0.25, 0.3) is 0 Å². The number of hydrogen-bond acceptors (Lipinski definition) is 5. The molecule has 1 aromatic rings. The lowest BCUT2D eigenvalue weighted by atomic mass is 10.3. The standard InChI is InChI=1S/C12H12O5/c1-3-5-15-11(13)9-7-10(17-8-9)12(14)16-6-4-2/h3-4,7-8H,1-2,5-6H2. The van der Waals surface area contributed by atoms with E-state index in [1.54, 1.807) is 0 Å². The Labute approximate surface area is 98.3 Å². The average molecular weight is 236 g/mol.